The van der Waals surface area contributed by atoms with Crippen molar-refractivity contribution < 1.29 is 5.11 Å². The summed E-state index contributed by atoms with van der Waals surface area (Å²) in [5, 5.41) is 14.5. The molecule has 0 fully saturated rings. The molecule has 0 radical (unpaired) electrons. The van der Waals surface area contributed by atoms with Crippen LogP contribution < -0.4 is 5.32 Å². The van der Waals surface area contributed by atoms with Crippen LogP contribution >= 0.6 is 0 Å². The van der Waals surface area contributed by atoms with Crippen molar-refractivity contribution in [1.82, 2.24) is 5.32 Å². The van der Waals surface area contributed by atoms with Crippen molar-refractivity contribution in [2.45, 2.75) is 77.8 Å². The molecule has 0 aliphatic heterocycles. The molecule has 1 unspecified atom stereocenters. The predicted molar refractivity (Wildman–Crippen MR) is 110 cm³/mol. The fourth-order valence-corrected chi connectivity index (χ4v) is 3.94. The molecule has 3 rings (SSSR count). The van der Waals surface area contributed by atoms with Crippen LogP contribution in [0.3, 0.4) is 0 Å². The molecule has 0 heterocycles. The fraction of sp³-hybridized carbons (Fsp3) is 0.500. The van der Waals surface area contributed by atoms with Crippen molar-refractivity contribution >= 4 is 0 Å². The van der Waals surface area contributed by atoms with Crippen molar-refractivity contribution in [3.05, 3.63) is 64.2 Å². The highest BCUT2D eigenvalue weighted by molar-refractivity contribution is 5.48. The van der Waals surface area contributed by atoms with Crippen molar-refractivity contribution in [2.75, 3.05) is 0 Å². The Bertz CT molecular complexity index is 793. The van der Waals surface area contributed by atoms with Crippen LogP contribution in [0.5, 0.6) is 5.75 Å². The molecule has 1 aliphatic carbocycles. The highest BCUT2D eigenvalue weighted by atomic mass is 16.3. The molecule has 2 N–H and O–H groups in total. The number of phenols is 1. The molecule has 0 amide bonds. The van der Waals surface area contributed by atoms with E-state index in [9.17, 15) is 5.11 Å². The first-order chi connectivity index (χ1) is 12.1. The van der Waals surface area contributed by atoms with Crippen molar-refractivity contribution in [2.24, 2.45) is 0 Å². The molecule has 140 valence electrons. The van der Waals surface area contributed by atoms with Crippen LogP contribution in [-0.2, 0) is 23.8 Å². The first-order valence-electron chi connectivity index (χ1n) is 9.75. The molecule has 0 spiro atoms. The van der Waals surface area contributed by atoms with Crippen LogP contribution in [0.4, 0.5) is 0 Å². The number of rotatable bonds is 3. The molecule has 0 saturated carbocycles. The van der Waals surface area contributed by atoms with E-state index in [1.807, 2.05) is 6.07 Å². The quantitative estimate of drug-likeness (QED) is 0.736. The molecule has 0 saturated heterocycles. The smallest absolute Gasteiger partial charge is 0.120 e. The number of hydrogen-bond acceptors (Lipinski definition) is 2. The molecule has 0 bridgehead atoms. The van der Waals surface area contributed by atoms with E-state index >= 15 is 0 Å². The largest absolute Gasteiger partial charge is 0.508 e. The maximum Gasteiger partial charge on any atom is 0.120 e. The number of hydrogen-bond donors (Lipinski definition) is 2. The number of aryl methyl sites for hydroxylation is 1. The molecule has 2 aromatic carbocycles. The van der Waals surface area contributed by atoms with E-state index in [1.165, 1.54) is 22.3 Å². The Morgan fingerprint density at radius 3 is 2.35 bits per heavy atom. The average Bonchev–Trinajstić information content (AvgIpc) is 2.94. The Hall–Kier alpha value is -1.80. The summed E-state index contributed by atoms with van der Waals surface area (Å²) in [6.45, 7) is 14.0. The Labute approximate surface area is 158 Å². The van der Waals surface area contributed by atoms with Gasteiger partial charge in [-0.05, 0) is 52.0 Å². The average molecular weight is 352 g/mol. The Morgan fingerprint density at radius 1 is 1.00 bits per heavy atom. The monoisotopic (exact) mass is 351 g/mol. The predicted octanol–water partition coefficient (Wildman–Crippen LogP) is 5.76. The Morgan fingerprint density at radius 2 is 1.69 bits per heavy atom. The van der Waals surface area contributed by atoms with Gasteiger partial charge in [0.25, 0.3) is 0 Å². The maximum absolute atomic E-state index is 10.8. The van der Waals surface area contributed by atoms with Gasteiger partial charge in [0.15, 0.2) is 0 Å². The SMILES string of the molecule is CC(C)(C)c1cc(O)c(CNC2CCc3ccccc32)c(C(C)(C)C)c1. The minimum absolute atomic E-state index is 0.0106. The van der Waals surface area contributed by atoms with Gasteiger partial charge >= 0.3 is 0 Å². The normalized spacial score (nSPS) is 17.4. The van der Waals surface area contributed by atoms with Crippen LogP contribution in [0.2, 0.25) is 0 Å². The summed E-state index contributed by atoms with van der Waals surface area (Å²) in [6.07, 6.45) is 2.26. The summed E-state index contributed by atoms with van der Waals surface area (Å²) >= 11 is 0. The zero-order chi connectivity index (χ0) is 19.1. The van der Waals surface area contributed by atoms with Gasteiger partial charge < -0.3 is 10.4 Å². The minimum atomic E-state index is -0.0106. The lowest BCUT2D eigenvalue weighted by atomic mass is 9.78. The third-order valence-corrected chi connectivity index (χ3v) is 5.56. The van der Waals surface area contributed by atoms with Gasteiger partial charge in [0.1, 0.15) is 5.75 Å². The summed E-state index contributed by atoms with van der Waals surface area (Å²) < 4.78 is 0. The van der Waals surface area contributed by atoms with E-state index in [-0.39, 0.29) is 10.8 Å². The van der Waals surface area contributed by atoms with Crippen molar-refractivity contribution in [1.29, 1.82) is 0 Å². The van der Waals surface area contributed by atoms with Crippen molar-refractivity contribution in [3.63, 3.8) is 0 Å². The van der Waals surface area contributed by atoms with Crippen LogP contribution in [0.25, 0.3) is 0 Å². The van der Waals surface area contributed by atoms with Gasteiger partial charge in [0, 0.05) is 18.2 Å². The number of benzene rings is 2. The van der Waals surface area contributed by atoms with Crippen LogP contribution in [0, 0.1) is 0 Å². The third-order valence-electron chi connectivity index (χ3n) is 5.56. The topological polar surface area (TPSA) is 32.3 Å². The lowest BCUT2D eigenvalue weighted by Gasteiger charge is -2.29. The van der Waals surface area contributed by atoms with Crippen LogP contribution in [-0.4, -0.2) is 5.11 Å². The lowest BCUT2D eigenvalue weighted by molar-refractivity contribution is 0.444. The van der Waals surface area contributed by atoms with Gasteiger partial charge in [-0.1, -0.05) is 71.9 Å². The summed E-state index contributed by atoms with van der Waals surface area (Å²) in [6, 6.07) is 13.3. The molecule has 2 aromatic rings. The highest BCUT2D eigenvalue weighted by Gasteiger charge is 2.26. The van der Waals surface area contributed by atoms with Gasteiger partial charge in [-0.25, -0.2) is 0 Å². The summed E-state index contributed by atoms with van der Waals surface area (Å²) in [4.78, 5) is 0. The molecular formula is C24H33NO. The second-order valence-corrected chi connectivity index (χ2v) is 9.69. The van der Waals surface area contributed by atoms with E-state index in [4.69, 9.17) is 0 Å². The second kappa shape index (κ2) is 6.74. The molecule has 1 atom stereocenters. The standard InChI is InChI=1S/C24H33NO/c1-23(2,3)17-13-20(24(4,5)6)19(22(26)14-17)15-25-21-12-11-16-9-7-8-10-18(16)21/h7-10,13-14,21,25-26H,11-12,15H2,1-6H3. The van der Waals surface area contributed by atoms with Crippen LogP contribution in [0.15, 0.2) is 36.4 Å². The molecule has 2 nitrogen and oxygen atoms in total. The minimum Gasteiger partial charge on any atom is -0.508 e. The Kier molecular flexibility index (Phi) is 4.92. The van der Waals surface area contributed by atoms with E-state index in [2.05, 4.69) is 77.2 Å². The Balaban J connectivity index is 1.90. The number of fused-ring (bicyclic) bond motifs is 1. The number of nitrogens with one attached hydrogen (secondary N) is 1. The van der Waals surface area contributed by atoms with E-state index in [1.54, 1.807) is 0 Å². The maximum atomic E-state index is 10.8. The zero-order valence-electron chi connectivity index (χ0n) is 17.1. The fourth-order valence-electron chi connectivity index (χ4n) is 3.94. The molecule has 26 heavy (non-hydrogen) atoms. The van der Waals surface area contributed by atoms with Crippen LogP contribution in [0.1, 0.15) is 81.8 Å². The summed E-state index contributed by atoms with van der Waals surface area (Å²) in [5.74, 6) is 0.418. The molecule has 2 heteroatoms. The summed E-state index contributed by atoms with van der Waals surface area (Å²) in [7, 11) is 0. The van der Waals surface area contributed by atoms with Crippen molar-refractivity contribution in [3.8, 4) is 5.75 Å². The zero-order valence-corrected chi connectivity index (χ0v) is 17.1. The third kappa shape index (κ3) is 3.81. The highest BCUT2D eigenvalue weighted by Crippen LogP contribution is 2.37. The van der Waals surface area contributed by atoms with Gasteiger partial charge in [-0.2, -0.15) is 0 Å². The number of aromatic hydroxyl groups is 1. The summed E-state index contributed by atoms with van der Waals surface area (Å²) in [5.41, 5.74) is 6.34. The van der Waals surface area contributed by atoms with Gasteiger partial charge in [0.05, 0.1) is 0 Å². The first kappa shape index (κ1) is 19.0. The van der Waals surface area contributed by atoms with E-state index in [0.29, 0.717) is 18.3 Å². The molecule has 0 aromatic heterocycles. The number of phenolic OH excluding ortho intramolecular Hbond substituents is 1. The van der Waals surface area contributed by atoms with E-state index in [0.717, 1.165) is 18.4 Å². The molecular weight excluding hydrogens is 318 g/mol. The van der Waals surface area contributed by atoms with E-state index < -0.39 is 0 Å². The first-order valence-corrected chi connectivity index (χ1v) is 9.75. The van der Waals surface area contributed by atoms with Gasteiger partial charge in [-0.15, -0.1) is 0 Å². The van der Waals surface area contributed by atoms with Gasteiger partial charge in [-0.3, -0.25) is 0 Å². The lowest BCUT2D eigenvalue weighted by Crippen LogP contribution is -2.24. The second-order valence-electron chi connectivity index (χ2n) is 9.69. The van der Waals surface area contributed by atoms with Gasteiger partial charge in [0.2, 0.25) is 0 Å². The molecule has 1 aliphatic rings.